The van der Waals surface area contributed by atoms with Crippen LogP contribution in [0.1, 0.15) is 29.3 Å². The number of hydrogen-bond acceptors (Lipinski definition) is 10. The van der Waals surface area contributed by atoms with Crippen LogP contribution in [0.25, 0.3) is 0 Å². The van der Waals surface area contributed by atoms with Crippen molar-refractivity contribution in [2.45, 2.75) is 44.8 Å². The molecule has 0 spiro atoms. The van der Waals surface area contributed by atoms with Crippen LogP contribution < -0.4 is 10.1 Å². The van der Waals surface area contributed by atoms with Crippen LogP contribution in [0.3, 0.4) is 0 Å². The number of benzene rings is 1. The van der Waals surface area contributed by atoms with E-state index >= 15 is 0 Å². The van der Waals surface area contributed by atoms with Crippen LogP contribution in [-0.4, -0.2) is 83.8 Å². The zero-order valence-corrected chi connectivity index (χ0v) is 17.7. The van der Waals surface area contributed by atoms with Crippen molar-refractivity contribution >= 4 is 23.9 Å². The van der Waals surface area contributed by atoms with E-state index in [1.165, 1.54) is 19.2 Å². The second-order valence-corrected chi connectivity index (χ2v) is 7.33. The average Bonchev–Trinajstić information content (AvgIpc) is 3.03. The van der Waals surface area contributed by atoms with Gasteiger partial charge in [-0.2, -0.15) is 0 Å². The van der Waals surface area contributed by atoms with Gasteiger partial charge in [0, 0.05) is 26.0 Å². The molecular formula is C20H24N2O10. The number of ether oxygens (including phenoxy) is 4. The van der Waals surface area contributed by atoms with Gasteiger partial charge in [0.25, 0.3) is 0 Å². The van der Waals surface area contributed by atoms with E-state index in [2.05, 4.69) is 5.32 Å². The van der Waals surface area contributed by atoms with Gasteiger partial charge in [0.05, 0.1) is 13.7 Å². The summed E-state index contributed by atoms with van der Waals surface area (Å²) < 4.78 is 21.7. The fraction of sp³-hybridized carbons (Fsp3) is 0.500. The molecule has 0 aromatic heterocycles. The molecule has 0 unspecified atom stereocenters. The molecule has 3 amide bonds. The third-order valence-electron chi connectivity index (χ3n) is 5.11. The number of phenols is 1. The number of aromatic hydroxyl groups is 1. The summed E-state index contributed by atoms with van der Waals surface area (Å²) in [6.07, 6.45) is -4.87. The Labute approximate surface area is 183 Å². The number of imide groups is 1. The van der Waals surface area contributed by atoms with Crippen LogP contribution in [0.2, 0.25) is 0 Å². The summed E-state index contributed by atoms with van der Waals surface area (Å²) in [6, 6.07) is 1.82. The molecular weight excluding hydrogens is 428 g/mol. The van der Waals surface area contributed by atoms with Gasteiger partial charge in [0.1, 0.15) is 23.2 Å². The Kier molecular flexibility index (Phi) is 6.84. The SMILES string of the molecule is COc1cc(O)cc(C)c1C(=O)O[C@H]1[C@@H](OC(C)=O)[C@H](N2CCC(=O)NC2=O)O[C@@H]1CO. The Bertz CT molecular complexity index is 933. The van der Waals surface area contributed by atoms with Crippen molar-refractivity contribution in [3.63, 3.8) is 0 Å². The molecule has 12 nitrogen and oxygen atoms in total. The summed E-state index contributed by atoms with van der Waals surface area (Å²) in [4.78, 5) is 49.6. The van der Waals surface area contributed by atoms with Crippen LogP contribution >= 0.6 is 0 Å². The molecule has 1 aromatic carbocycles. The molecule has 0 radical (unpaired) electrons. The number of hydrogen-bond donors (Lipinski definition) is 3. The first-order valence-electron chi connectivity index (χ1n) is 9.78. The van der Waals surface area contributed by atoms with Gasteiger partial charge < -0.3 is 29.2 Å². The van der Waals surface area contributed by atoms with E-state index in [-0.39, 0.29) is 30.0 Å². The molecule has 0 aliphatic carbocycles. The number of carbonyl (C=O) groups is 4. The average molecular weight is 452 g/mol. The number of aliphatic hydroxyl groups is 1. The highest BCUT2D eigenvalue weighted by molar-refractivity contribution is 5.97. The van der Waals surface area contributed by atoms with Crippen molar-refractivity contribution in [2.75, 3.05) is 20.3 Å². The van der Waals surface area contributed by atoms with Crippen molar-refractivity contribution in [3.8, 4) is 11.5 Å². The first-order valence-corrected chi connectivity index (χ1v) is 9.78. The number of aryl methyl sites for hydroxylation is 1. The van der Waals surface area contributed by atoms with E-state index in [0.717, 1.165) is 11.8 Å². The van der Waals surface area contributed by atoms with Crippen LogP contribution in [0.5, 0.6) is 11.5 Å². The molecule has 2 aliphatic rings. The van der Waals surface area contributed by atoms with Crippen LogP contribution in [-0.2, 0) is 23.8 Å². The Morgan fingerprint density at radius 2 is 1.97 bits per heavy atom. The molecule has 0 saturated carbocycles. The first-order chi connectivity index (χ1) is 15.2. The maximum absolute atomic E-state index is 13.0. The lowest BCUT2D eigenvalue weighted by molar-refractivity contribution is -0.159. The number of methoxy groups -OCH3 is 1. The van der Waals surface area contributed by atoms with Gasteiger partial charge >= 0.3 is 18.0 Å². The highest BCUT2D eigenvalue weighted by atomic mass is 16.6. The molecule has 0 bridgehead atoms. The number of amides is 3. The van der Waals surface area contributed by atoms with Gasteiger partial charge in [-0.3, -0.25) is 19.8 Å². The summed E-state index contributed by atoms with van der Waals surface area (Å²) in [7, 11) is 1.31. The van der Waals surface area contributed by atoms with E-state index in [0.29, 0.717) is 5.56 Å². The number of phenolic OH excluding ortho intramolecular Hbond substituents is 1. The summed E-state index contributed by atoms with van der Waals surface area (Å²) in [5.74, 6) is -2.12. The molecule has 12 heteroatoms. The van der Waals surface area contributed by atoms with Crippen molar-refractivity contribution < 1.29 is 48.3 Å². The third kappa shape index (κ3) is 4.60. The molecule has 3 N–H and O–H groups in total. The minimum absolute atomic E-state index is 0.00343. The predicted molar refractivity (Wildman–Crippen MR) is 105 cm³/mol. The number of urea groups is 1. The number of carbonyl (C=O) groups excluding carboxylic acids is 4. The lowest BCUT2D eigenvalue weighted by Gasteiger charge is -2.34. The lowest BCUT2D eigenvalue weighted by Crippen LogP contribution is -2.57. The minimum atomic E-state index is -1.27. The highest BCUT2D eigenvalue weighted by Crippen LogP contribution is 2.33. The first kappa shape index (κ1) is 23.3. The van der Waals surface area contributed by atoms with Gasteiger partial charge in [0.2, 0.25) is 5.91 Å². The maximum atomic E-state index is 13.0. The van der Waals surface area contributed by atoms with E-state index in [4.69, 9.17) is 18.9 Å². The smallest absolute Gasteiger partial charge is 0.342 e. The third-order valence-corrected chi connectivity index (χ3v) is 5.11. The van der Waals surface area contributed by atoms with E-state index in [9.17, 15) is 29.4 Å². The predicted octanol–water partition coefficient (Wildman–Crippen LogP) is -0.175. The fourth-order valence-electron chi connectivity index (χ4n) is 3.73. The van der Waals surface area contributed by atoms with Crippen LogP contribution in [0, 0.1) is 6.92 Å². The largest absolute Gasteiger partial charge is 0.508 e. The summed E-state index contributed by atoms with van der Waals surface area (Å²) >= 11 is 0. The summed E-state index contributed by atoms with van der Waals surface area (Å²) in [5, 5.41) is 21.7. The van der Waals surface area contributed by atoms with Crippen LogP contribution in [0.4, 0.5) is 4.79 Å². The fourth-order valence-corrected chi connectivity index (χ4v) is 3.73. The topological polar surface area (TPSA) is 161 Å². The Hall–Kier alpha value is -3.38. The quantitative estimate of drug-likeness (QED) is 0.494. The van der Waals surface area contributed by atoms with Crippen molar-refractivity contribution in [1.82, 2.24) is 10.2 Å². The second kappa shape index (κ2) is 9.40. The number of nitrogens with zero attached hydrogens (tertiary/aromatic N) is 1. The van der Waals surface area contributed by atoms with Gasteiger partial charge in [-0.25, -0.2) is 9.59 Å². The number of nitrogens with one attached hydrogen (secondary N) is 1. The molecule has 2 aliphatic heterocycles. The molecule has 174 valence electrons. The van der Waals surface area contributed by atoms with Gasteiger partial charge in [0.15, 0.2) is 18.4 Å². The Morgan fingerprint density at radius 3 is 2.56 bits per heavy atom. The molecule has 3 rings (SSSR count). The molecule has 2 heterocycles. The standard InChI is InChI=1S/C20H24N2O10/c1-9-6-11(25)7-12(29-3)15(9)19(27)32-16-13(8-23)31-18(17(16)30-10(2)24)22-5-4-14(26)21-20(22)28/h6-7,13,16-18,23,25H,4-5,8H2,1-3H3,(H,21,26,28)/t13-,16-,17-,18-/m1/s1. The van der Waals surface area contributed by atoms with E-state index in [1.54, 1.807) is 6.92 Å². The maximum Gasteiger partial charge on any atom is 0.342 e. The van der Waals surface area contributed by atoms with Crippen molar-refractivity contribution in [2.24, 2.45) is 0 Å². The Morgan fingerprint density at radius 1 is 1.25 bits per heavy atom. The van der Waals surface area contributed by atoms with Crippen molar-refractivity contribution in [1.29, 1.82) is 0 Å². The van der Waals surface area contributed by atoms with Gasteiger partial charge in [-0.15, -0.1) is 0 Å². The molecule has 1 aromatic rings. The summed E-state index contributed by atoms with van der Waals surface area (Å²) in [6.45, 7) is 2.08. The minimum Gasteiger partial charge on any atom is -0.508 e. The van der Waals surface area contributed by atoms with E-state index in [1.807, 2.05) is 0 Å². The number of esters is 2. The Balaban J connectivity index is 1.91. The van der Waals surface area contributed by atoms with Crippen LogP contribution in [0.15, 0.2) is 12.1 Å². The zero-order valence-electron chi connectivity index (χ0n) is 17.7. The molecule has 2 fully saturated rings. The van der Waals surface area contributed by atoms with Gasteiger partial charge in [-0.1, -0.05) is 0 Å². The number of rotatable bonds is 6. The molecule has 2 saturated heterocycles. The van der Waals surface area contributed by atoms with E-state index < -0.39 is 55.0 Å². The summed E-state index contributed by atoms with van der Waals surface area (Å²) in [5.41, 5.74) is 0.383. The highest BCUT2D eigenvalue weighted by Gasteiger charge is 2.53. The molecule has 32 heavy (non-hydrogen) atoms. The number of aliphatic hydroxyl groups excluding tert-OH is 1. The van der Waals surface area contributed by atoms with Gasteiger partial charge in [-0.05, 0) is 18.6 Å². The van der Waals surface area contributed by atoms with Crippen molar-refractivity contribution in [3.05, 3.63) is 23.3 Å². The monoisotopic (exact) mass is 452 g/mol. The lowest BCUT2D eigenvalue weighted by atomic mass is 10.1. The second-order valence-electron chi connectivity index (χ2n) is 7.33. The normalized spacial score (nSPS) is 25.3. The molecule has 4 atom stereocenters. The zero-order chi connectivity index (χ0) is 23.6.